The van der Waals surface area contributed by atoms with Gasteiger partial charge in [-0.2, -0.15) is 0 Å². The number of amides is 1. The van der Waals surface area contributed by atoms with Gasteiger partial charge in [0.15, 0.2) is 0 Å². The predicted molar refractivity (Wildman–Crippen MR) is 90.0 cm³/mol. The summed E-state index contributed by atoms with van der Waals surface area (Å²) in [6, 6.07) is 9.84. The summed E-state index contributed by atoms with van der Waals surface area (Å²) < 4.78 is 5.47. The molecule has 0 radical (unpaired) electrons. The largest absolute Gasteiger partial charge is 0.445 e. The Morgan fingerprint density at radius 2 is 1.83 bits per heavy atom. The van der Waals surface area contributed by atoms with Crippen LogP contribution in [0.5, 0.6) is 0 Å². The quantitative estimate of drug-likeness (QED) is 0.923. The molecule has 2 fully saturated rings. The van der Waals surface area contributed by atoms with E-state index in [-0.39, 0.29) is 6.09 Å². The lowest BCUT2D eigenvalue weighted by Gasteiger charge is -2.39. The normalized spacial score (nSPS) is 20.8. The highest BCUT2D eigenvalue weighted by molar-refractivity contribution is 5.68. The van der Waals surface area contributed by atoms with Crippen LogP contribution in [0.1, 0.15) is 24.8 Å². The first kappa shape index (κ1) is 16.3. The van der Waals surface area contributed by atoms with Gasteiger partial charge < -0.3 is 20.3 Å². The lowest BCUT2D eigenvalue weighted by molar-refractivity contribution is 0.0849. The number of hydrogen-bond donors (Lipinski definition) is 1. The smallest absolute Gasteiger partial charge is 0.410 e. The molecule has 0 aliphatic carbocycles. The van der Waals surface area contributed by atoms with Crippen molar-refractivity contribution in [3.05, 3.63) is 35.9 Å². The van der Waals surface area contributed by atoms with Gasteiger partial charge in [0, 0.05) is 26.2 Å². The number of likely N-dealkylation sites (tertiary alicyclic amines) is 2. The zero-order valence-electron chi connectivity index (χ0n) is 13.7. The minimum absolute atomic E-state index is 0.171. The molecule has 2 aliphatic heterocycles. The standard InChI is InChI=1S/C18H27N3O2/c19-9-13-20-10-6-18(7-11-20)8-12-21(15-18)17(22)23-14-16-4-2-1-3-5-16/h1-5H,6-15,19H2. The van der Waals surface area contributed by atoms with Crippen LogP contribution in [-0.2, 0) is 11.3 Å². The van der Waals surface area contributed by atoms with Gasteiger partial charge in [0.2, 0.25) is 0 Å². The average Bonchev–Trinajstić information content (AvgIpc) is 3.00. The van der Waals surface area contributed by atoms with Crippen molar-refractivity contribution in [3.63, 3.8) is 0 Å². The molecule has 126 valence electrons. The van der Waals surface area contributed by atoms with Crippen LogP contribution in [-0.4, -0.2) is 55.2 Å². The first-order chi connectivity index (χ1) is 11.2. The van der Waals surface area contributed by atoms with Gasteiger partial charge in [0.25, 0.3) is 0 Å². The van der Waals surface area contributed by atoms with Crippen LogP contribution >= 0.6 is 0 Å². The number of ether oxygens (including phenoxy) is 1. The third kappa shape index (κ3) is 4.03. The van der Waals surface area contributed by atoms with Gasteiger partial charge in [-0.1, -0.05) is 30.3 Å². The highest BCUT2D eigenvalue weighted by atomic mass is 16.6. The molecular formula is C18H27N3O2. The molecule has 1 spiro atoms. The number of carbonyl (C=O) groups excluding carboxylic acids is 1. The van der Waals surface area contributed by atoms with E-state index in [1.165, 1.54) is 0 Å². The molecule has 2 aliphatic rings. The van der Waals surface area contributed by atoms with Crippen molar-refractivity contribution < 1.29 is 9.53 Å². The van der Waals surface area contributed by atoms with Crippen molar-refractivity contribution in [1.29, 1.82) is 0 Å². The Morgan fingerprint density at radius 1 is 1.13 bits per heavy atom. The summed E-state index contributed by atoms with van der Waals surface area (Å²) in [6.07, 6.45) is 3.25. The third-order valence-corrected chi connectivity index (χ3v) is 5.26. The van der Waals surface area contributed by atoms with Gasteiger partial charge in [-0.3, -0.25) is 0 Å². The number of piperidine rings is 1. The molecule has 5 nitrogen and oxygen atoms in total. The second kappa shape index (κ2) is 7.32. The fourth-order valence-electron chi connectivity index (χ4n) is 3.74. The predicted octanol–water partition coefficient (Wildman–Crippen LogP) is 2.07. The van der Waals surface area contributed by atoms with E-state index in [1.807, 2.05) is 35.2 Å². The molecular weight excluding hydrogens is 290 g/mol. The van der Waals surface area contributed by atoms with E-state index in [1.54, 1.807) is 0 Å². The molecule has 23 heavy (non-hydrogen) atoms. The Hall–Kier alpha value is -1.59. The molecule has 1 aromatic carbocycles. The maximum atomic E-state index is 12.3. The summed E-state index contributed by atoms with van der Waals surface area (Å²) in [6.45, 7) is 5.94. The minimum atomic E-state index is -0.171. The van der Waals surface area contributed by atoms with Crippen molar-refractivity contribution in [1.82, 2.24) is 9.80 Å². The third-order valence-electron chi connectivity index (χ3n) is 5.26. The molecule has 0 unspecified atom stereocenters. The average molecular weight is 317 g/mol. The van der Waals surface area contributed by atoms with Crippen molar-refractivity contribution in [2.75, 3.05) is 39.3 Å². The summed E-state index contributed by atoms with van der Waals surface area (Å²) in [5.41, 5.74) is 6.97. The van der Waals surface area contributed by atoms with Gasteiger partial charge in [-0.25, -0.2) is 4.79 Å². The van der Waals surface area contributed by atoms with Crippen LogP contribution in [0, 0.1) is 5.41 Å². The fraction of sp³-hybridized carbons (Fsp3) is 0.611. The fourth-order valence-corrected chi connectivity index (χ4v) is 3.74. The first-order valence-electron chi connectivity index (χ1n) is 8.59. The summed E-state index contributed by atoms with van der Waals surface area (Å²) >= 11 is 0. The Bertz CT molecular complexity index is 512. The van der Waals surface area contributed by atoms with E-state index in [0.717, 1.165) is 64.1 Å². The molecule has 0 atom stereocenters. The van der Waals surface area contributed by atoms with E-state index < -0.39 is 0 Å². The maximum absolute atomic E-state index is 12.3. The van der Waals surface area contributed by atoms with Crippen LogP contribution in [0.15, 0.2) is 30.3 Å². The van der Waals surface area contributed by atoms with Crippen molar-refractivity contribution in [2.45, 2.75) is 25.9 Å². The van der Waals surface area contributed by atoms with Crippen LogP contribution in [0.4, 0.5) is 4.79 Å². The van der Waals surface area contributed by atoms with Crippen molar-refractivity contribution in [2.24, 2.45) is 11.1 Å². The molecule has 2 heterocycles. The monoisotopic (exact) mass is 317 g/mol. The zero-order valence-corrected chi connectivity index (χ0v) is 13.7. The topological polar surface area (TPSA) is 58.8 Å². The molecule has 1 aromatic rings. The Kier molecular flexibility index (Phi) is 5.18. The van der Waals surface area contributed by atoms with E-state index in [9.17, 15) is 4.79 Å². The van der Waals surface area contributed by atoms with Crippen LogP contribution in [0.2, 0.25) is 0 Å². The Morgan fingerprint density at radius 3 is 2.52 bits per heavy atom. The SMILES string of the molecule is NCCN1CCC2(CC1)CCN(C(=O)OCc1ccccc1)C2. The van der Waals surface area contributed by atoms with Crippen molar-refractivity contribution >= 4 is 6.09 Å². The van der Waals surface area contributed by atoms with E-state index in [4.69, 9.17) is 10.5 Å². The van der Waals surface area contributed by atoms with Gasteiger partial charge in [0.05, 0.1) is 0 Å². The molecule has 3 rings (SSSR count). The Labute approximate surface area is 138 Å². The summed E-state index contributed by atoms with van der Waals surface area (Å²) in [5.74, 6) is 0. The molecule has 5 heteroatoms. The molecule has 0 saturated carbocycles. The van der Waals surface area contributed by atoms with Crippen LogP contribution in [0.3, 0.4) is 0 Å². The van der Waals surface area contributed by atoms with Gasteiger partial charge in [-0.05, 0) is 43.3 Å². The number of nitrogens with zero attached hydrogens (tertiary/aromatic N) is 2. The van der Waals surface area contributed by atoms with Crippen LogP contribution < -0.4 is 5.73 Å². The van der Waals surface area contributed by atoms with Crippen LogP contribution in [0.25, 0.3) is 0 Å². The minimum Gasteiger partial charge on any atom is -0.445 e. The summed E-state index contributed by atoms with van der Waals surface area (Å²) in [4.78, 5) is 16.6. The highest BCUT2D eigenvalue weighted by Crippen LogP contribution is 2.40. The van der Waals surface area contributed by atoms with Crippen molar-refractivity contribution in [3.8, 4) is 0 Å². The Balaban J connectivity index is 1.47. The van der Waals surface area contributed by atoms with Gasteiger partial charge in [0.1, 0.15) is 6.61 Å². The number of hydrogen-bond acceptors (Lipinski definition) is 4. The number of nitrogens with two attached hydrogens (primary N) is 1. The maximum Gasteiger partial charge on any atom is 0.410 e. The van der Waals surface area contributed by atoms with E-state index >= 15 is 0 Å². The van der Waals surface area contributed by atoms with E-state index in [2.05, 4.69) is 4.90 Å². The molecule has 1 amide bonds. The lowest BCUT2D eigenvalue weighted by atomic mass is 9.78. The number of carbonyl (C=O) groups is 1. The zero-order chi connectivity index (χ0) is 16.1. The second-order valence-electron chi connectivity index (χ2n) is 6.84. The molecule has 2 saturated heterocycles. The summed E-state index contributed by atoms with van der Waals surface area (Å²) in [7, 11) is 0. The molecule has 0 aromatic heterocycles. The van der Waals surface area contributed by atoms with Gasteiger partial charge in [-0.15, -0.1) is 0 Å². The first-order valence-corrected chi connectivity index (χ1v) is 8.59. The van der Waals surface area contributed by atoms with E-state index in [0.29, 0.717) is 12.0 Å². The number of rotatable bonds is 4. The molecule has 2 N–H and O–H groups in total. The second-order valence-corrected chi connectivity index (χ2v) is 6.84. The molecule has 0 bridgehead atoms. The van der Waals surface area contributed by atoms with Gasteiger partial charge >= 0.3 is 6.09 Å². The lowest BCUT2D eigenvalue weighted by Crippen LogP contribution is -2.43. The highest BCUT2D eigenvalue weighted by Gasteiger charge is 2.42. The summed E-state index contributed by atoms with van der Waals surface area (Å²) in [5, 5.41) is 0. The number of benzene rings is 1.